The molecule has 106 valence electrons. The molecule has 2 fully saturated rings. The van der Waals surface area contributed by atoms with Crippen LogP contribution in [0.2, 0.25) is 0 Å². The third-order valence-corrected chi connectivity index (χ3v) is 5.70. The van der Waals surface area contributed by atoms with Gasteiger partial charge in [0.1, 0.15) is 5.69 Å². The summed E-state index contributed by atoms with van der Waals surface area (Å²) >= 11 is 0. The summed E-state index contributed by atoms with van der Waals surface area (Å²) in [5, 5.41) is 4.43. The van der Waals surface area contributed by atoms with Crippen LogP contribution in [0.25, 0.3) is 0 Å². The fourth-order valence-corrected chi connectivity index (χ4v) is 3.77. The summed E-state index contributed by atoms with van der Waals surface area (Å²) in [6.45, 7) is 6.94. The molecule has 0 radical (unpaired) electrons. The van der Waals surface area contributed by atoms with E-state index in [9.17, 15) is 4.79 Å². The Hall–Kier alpha value is -1.71. The van der Waals surface area contributed by atoms with Gasteiger partial charge in [0.25, 0.3) is 5.91 Å². The number of hydrazone groups is 1. The van der Waals surface area contributed by atoms with Crippen LogP contribution in [0, 0.1) is 16.7 Å². The number of nitrogens with one attached hydrogen (secondary N) is 1. The smallest absolute Gasteiger partial charge is 0.266 e. The van der Waals surface area contributed by atoms with E-state index in [-0.39, 0.29) is 16.7 Å². The van der Waals surface area contributed by atoms with Crippen molar-refractivity contribution in [3.05, 3.63) is 30.1 Å². The second-order valence-electron chi connectivity index (χ2n) is 6.71. The molecular weight excluding hydrogens is 250 g/mol. The van der Waals surface area contributed by atoms with Crippen LogP contribution in [0.3, 0.4) is 0 Å². The molecule has 1 amide bonds. The first-order valence-corrected chi connectivity index (χ1v) is 7.23. The SMILES string of the molecule is CC1(C)[C@H]2CC[C@@]1(C)/C(=N/NC(=O)c1ccccn1)C2. The highest BCUT2D eigenvalue weighted by Crippen LogP contribution is 2.63. The highest BCUT2D eigenvalue weighted by molar-refractivity contribution is 5.97. The van der Waals surface area contributed by atoms with E-state index in [2.05, 4.69) is 36.3 Å². The molecule has 20 heavy (non-hydrogen) atoms. The minimum atomic E-state index is -0.234. The standard InChI is InChI=1S/C16H21N3O/c1-15(2)11-7-8-16(15,3)13(10-11)18-19-14(20)12-6-4-5-9-17-12/h4-6,9,11H,7-8,10H2,1-3H3,(H,19,20)/b18-13+/t11-,16-/m0/s1. The van der Waals surface area contributed by atoms with Gasteiger partial charge in [0.15, 0.2) is 0 Å². The third-order valence-electron chi connectivity index (χ3n) is 5.70. The van der Waals surface area contributed by atoms with Crippen molar-refractivity contribution in [3.63, 3.8) is 0 Å². The van der Waals surface area contributed by atoms with Crippen LogP contribution < -0.4 is 5.43 Å². The predicted octanol–water partition coefficient (Wildman–Crippen LogP) is 3.01. The normalized spacial score (nSPS) is 32.5. The molecule has 4 heteroatoms. The summed E-state index contributed by atoms with van der Waals surface area (Å²) in [6, 6.07) is 5.29. The molecule has 2 saturated carbocycles. The molecule has 1 aromatic heterocycles. The lowest BCUT2D eigenvalue weighted by Crippen LogP contribution is -2.34. The number of nitrogens with zero attached hydrogens (tertiary/aromatic N) is 2. The topological polar surface area (TPSA) is 54.4 Å². The maximum Gasteiger partial charge on any atom is 0.289 e. The van der Waals surface area contributed by atoms with Gasteiger partial charge in [-0.15, -0.1) is 0 Å². The highest BCUT2D eigenvalue weighted by Gasteiger charge is 2.59. The number of carbonyl (C=O) groups excluding carboxylic acids is 1. The number of amides is 1. The molecule has 1 aromatic rings. The van der Waals surface area contributed by atoms with E-state index >= 15 is 0 Å². The maximum absolute atomic E-state index is 12.0. The lowest BCUT2D eigenvalue weighted by atomic mass is 9.70. The number of pyridine rings is 1. The van der Waals surface area contributed by atoms with Crippen molar-refractivity contribution < 1.29 is 4.79 Å². The van der Waals surface area contributed by atoms with Gasteiger partial charge in [-0.25, -0.2) is 5.43 Å². The minimum Gasteiger partial charge on any atom is -0.266 e. The first-order chi connectivity index (χ1) is 9.45. The maximum atomic E-state index is 12.0. The summed E-state index contributed by atoms with van der Waals surface area (Å²) in [5.41, 5.74) is 4.62. The van der Waals surface area contributed by atoms with Gasteiger partial charge in [-0.05, 0) is 42.7 Å². The van der Waals surface area contributed by atoms with E-state index < -0.39 is 0 Å². The molecule has 0 saturated heterocycles. The quantitative estimate of drug-likeness (QED) is 0.841. The van der Waals surface area contributed by atoms with Crippen LogP contribution in [0.1, 0.15) is 50.5 Å². The Morgan fingerprint density at radius 1 is 1.40 bits per heavy atom. The summed E-state index contributed by atoms with van der Waals surface area (Å²) < 4.78 is 0. The van der Waals surface area contributed by atoms with Gasteiger partial charge in [0.05, 0.1) is 0 Å². The van der Waals surface area contributed by atoms with Gasteiger partial charge in [0, 0.05) is 17.3 Å². The van der Waals surface area contributed by atoms with Gasteiger partial charge in [-0.1, -0.05) is 26.8 Å². The summed E-state index contributed by atoms with van der Waals surface area (Å²) in [7, 11) is 0. The van der Waals surface area contributed by atoms with E-state index in [1.807, 2.05) is 0 Å². The summed E-state index contributed by atoms with van der Waals surface area (Å²) in [4.78, 5) is 16.0. The van der Waals surface area contributed by atoms with Crippen molar-refractivity contribution in [1.29, 1.82) is 0 Å². The molecule has 1 heterocycles. The monoisotopic (exact) mass is 271 g/mol. The van der Waals surface area contributed by atoms with Crippen molar-refractivity contribution in [2.75, 3.05) is 0 Å². The molecule has 2 atom stereocenters. The Kier molecular flexibility index (Phi) is 2.92. The van der Waals surface area contributed by atoms with E-state index in [1.165, 1.54) is 12.8 Å². The zero-order chi connectivity index (χ0) is 14.4. The summed E-state index contributed by atoms with van der Waals surface area (Å²) in [5.74, 6) is 0.459. The zero-order valence-electron chi connectivity index (χ0n) is 12.3. The summed E-state index contributed by atoms with van der Waals surface area (Å²) in [6.07, 6.45) is 5.07. The van der Waals surface area contributed by atoms with Crippen molar-refractivity contribution >= 4 is 11.6 Å². The molecule has 1 N–H and O–H groups in total. The van der Waals surface area contributed by atoms with Crippen molar-refractivity contribution in [2.24, 2.45) is 21.8 Å². The molecule has 0 aromatic carbocycles. The predicted molar refractivity (Wildman–Crippen MR) is 78.4 cm³/mol. The fourth-order valence-electron chi connectivity index (χ4n) is 3.77. The molecule has 3 rings (SSSR count). The van der Waals surface area contributed by atoms with Crippen LogP contribution in [-0.2, 0) is 0 Å². The average molecular weight is 271 g/mol. The molecule has 0 unspecified atom stereocenters. The number of hydrogen-bond acceptors (Lipinski definition) is 3. The molecule has 0 spiro atoms. The second kappa shape index (κ2) is 4.40. The number of hydrogen-bond donors (Lipinski definition) is 1. The van der Waals surface area contributed by atoms with Gasteiger partial charge in [-0.2, -0.15) is 5.10 Å². The minimum absolute atomic E-state index is 0.120. The Morgan fingerprint density at radius 2 is 2.20 bits per heavy atom. The largest absolute Gasteiger partial charge is 0.289 e. The van der Waals surface area contributed by atoms with Crippen molar-refractivity contribution in [2.45, 2.75) is 40.0 Å². The van der Waals surface area contributed by atoms with Gasteiger partial charge >= 0.3 is 0 Å². The zero-order valence-corrected chi connectivity index (χ0v) is 12.3. The first kappa shape index (κ1) is 13.3. The van der Waals surface area contributed by atoms with E-state index in [1.54, 1.807) is 24.4 Å². The number of aromatic nitrogens is 1. The number of carbonyl (C=O) groups is 1. The second-order valence-corrected chi connectivity index (χ2v) is 6.71. The first-order valence-electron chi connectivity index (χ1n) is 7.23. The van der Waals surface area contributed by atoms with Gasteiger partial charge < -0.3 is 0 Å². The Labute approximate surface area is 119 Å². The molecular formula is C16H21N3O. The van der Waals surface area contributed by atoms with Crippen LogP contribution >= 0.6 is 0 Å². The highest BCUT2D eigenvalue weighted by atomic mass is 16.2. The number of rotatable bonds is 2. The molecule has 2 aliphatic rings. The van der Waals surface area contributed by atoms with Crippen LogP contribution in [0.4, 0.5) is 0 Å². The van der Waals surface area contributed by atoms with Crippen LogP contribution in [-0.4, -0.2) is 16.6 Å². The average Bonchev–Trinajstić information content (AvgIpc) is 2.78. The fraction of sp³-hybridized carbons (Fsp3) is 0.562. The van der Waals surface area contributed by atoms with E-state index in [0.717, 1.165) is 12.1 Å². The number of fused-ring (bicyclic) bond motifs is 2. The lowest BCUT2D eigenvalue weighted by Gasteiger charge is -2.34. The van der Waals surface area contributed by atoms with E-state index in [4.69, 9.17) is 0 Å². The van der Waals surface area contributed by atoms with Gasteiger partial charge in [-0.3, -0.25) is 9.78 Å². The van der Waals surface area contributed by atoms with E-state index in [0.29, 0.717) is 11.6 Å². The Morgan fingerprint density at radius 3 is 2.75 bits per heavy atom. The Bertz CT molecular complexity index is 564. The van der Waals surface area contributed by atoms with Crippen LogP contribution in [0.15, 0.2) is 29.5 Å². The lowest BCUT2D eigenvalue weighted by molar-refractivity contribution is 0.0949. The molecule has 2 bridgehead atoms. The Balaban J connectivity index is 1.77. The van der Waals surface area contributed by atoms with Crippen molar-refractivity contribution in [1.82, 2.24) is 10.4 Å². The van der Waals surface area contributed by atoms with Crippen LogP contribution in [0.5, 0.6) is 0 Å². The molecule has 4 nitrogen and oxygen atoms in total. The van der Waals surface area contributed by atoms with Gasteiger partial charge in [0.2, 0.25) is 0 Å². The molecule has 0 aliphatic heterocycles. The van der Waals surface area contributed by atoms with Crippen molar-refractivity contribution in [3.8, 4) is 0 Å². The third kappa shape index (κ3) is 1.78. The molecule has 2 aliphatic carbocycles.